The molecule has 1 aliphatic carbocycles. The van der Waals surface area contributed by atoms with E-state index in [1.54, 1.807) is 4.90 Å². The Kier molecular flexibility index (Phi) is 5.25. The highest BCUT2D eigenvalue weighted by molar-refractivity contribution is 5.85. The zero-order valence-electron chi connectivity index (χ0n) is 13.4. The normalized spacial score (nSPS) is 33.3. The number of likely N-dealkylation sites (tertiary alicyclic amines) is 1. The van der Waals surface area contributed by atoms with Crippen molar-refractivity contribution < 1.29 is 14.7 Å². The fourth-order valence-electron chi connectivity index (χ4n) is 3.96. The first-order valence-electron chi connectivity index (χ1n) is 8.08. The summed E-state index contributed by atoms with van der Waals surface area (Å²) in [4.78, 5) is 28.1. The molecule has 21 heavy (non-hydrogen) atoms. The van der Waals surface area contributed by atoms with Gasteiger partial charge in [0, 0.05) is 20.1 Å². The smallest absolute Gasteiger partial charge is 0.307 e. The first kappa shape index (κ1) is 16.3. The molecule has 2 fully saturated rings. The molecule has 0 aromatic heterocycles. The van der Waals surface area contributed by atoms with Crippen LogP contribution in [0.2, 0.25) is 0 Å². The van der Waals surface area contributed by atoms with Crippen molar-refractivity contribution in [1.82, 2.24) is 9.80 Å². The summed E-state index contributed by atoms with van der Waals surface area (Å²) in [6.45, 7) is 4.95. The van der Waals surface area contributed by atoms with Crippen LogP contribution < -0.4 is 0 Å². The second kappa shape index (κ2) is 6.77. The predicted octanol–water partition coefficient (Wildman–Crippen LogP) is 1.53. The Morgan fingerprint density at radius 3 is 2.43 bits per heavy atom. The quantitative estimate of drug-likeness (QED) is 0.836. The van der Waals surface area contributed by atoms with Gasteiger partial charge in [0.25, 0.3) is 0 Å². The molecule has 0 aromatic carbocycles. The van der Waals surface area contributed by atoms with Crippen LogP contribution in [0.15, 0.2) is 0 Å². The number of amides is 1. The van der Waals surface area contributed by atoms with Crippen molar-refractivity contribution in [3.8, 4) is 0 Å². The van der Waals surface area contributed by atoms with Crippen LogP contribution in [0.3, 0.4) is 0 Å². The summed E-state index contributed by atoms with van der Waals surface area (Å²) in [6, 6.07) is 0. The minimum atomic E-state index is -0.807. The van der Waals surface area contributed by atoms with Crippen LogP contribution in [0, 0.1) is 23.7 Å². The Labute approximate surface area is 127 Å². The number of nitrogens with zero attached hydrogens (tertiary/aromatic N) is 2. The summed E-state index contributed by atoms with van der Waals surface area (Å²) in [5, 5.41) is 9.37. The third-order valence-electron chi connectivity index (χ3n) is 5.27. The Balaban J connectivity index is 1.95. The van der Waals surface area contributed by atoms with Gasteiger partial charge in [-0.3, -0.25) is 9.59 Å². The lowest BCUT2D eigenvalue weighted by Gasteiger charge is -2.26. The van der Waals surface area contributed by atoms with Crippen LogP contribution >= 0.6 is 0 Å². The van der Waals surface area contributed by atoms with Crippen LogP contribution in [-0.4, -0.2) is 60.5 Å². The van der Waals surface area contributed by atoms with Gasteiger partial charge in [0.2, 0.25) is 5.91 Å². The van der Waals surface area contributed by atoms with Gasteiger partial charge < -0.3 is 14.9 Å². The van der Waals surface area contributed by atoms with E-state index in [2.05, 4.69) is 18.9 Å². The number of carbonyl (C=O) groups is 2. The molecule has 1 saturated carbocycles. The highest BCUT2D eigenvalue weighted by Gasteiger charge is 2.43. The van der Waals surface area contributed by atoms with Crippen LogP contribution in [0.5, 0.6) is 0 Å². The molecule has 2 aliphatic rings. The molecule has 1 amide bonds. The molecule has 0 spiro atoms. The van der Waals surface area contributed by atoms with Crippen molar-refractivity contribution in [2.45, 2.75) is 32.6 Å². The largest absolute Gasteiger partial charge is 0.481 e. The fraction of sp³-hybridized carbons (Fsp3) is 0.875. The average molecular weight is 296 g/mol. The van der Waals surface area contributed by atoms with Gasteiger partial charge in [0.15, 0.2) is 0 Å². The zero-order chi connectivity index (χ0) is 15.6. The number of carboxylic acid groups (broad SMARTS) is 1. The summed E-state index contributed by atoms with van der Waals surface area (Å²) in [6.07, 6.45) is 3.48. The molecular weight excluding hydrogens is 268 g/mol. The maximum atomic E-state index is 12.6. The molecule has 1 saturated heterocycles. The van der Waals surface area contributed by atoms with E-state index < -0.39 is 11.9 Å². The highest BCUT2D eigenvalue weighted by atomic mass is 16.4. The maximum absolute atomic E-state index is 12.6. The predicted molar refractivity (Wildman–Crippen MR) is 80.9 cm³/mol. The monoisotopic (exact) mass is 296 g/mol. The van der Waals surface area contributed by atoms with Gasteiger partial charge >= 0.3 is 5.97 Å². The number of carbonyl (C=O) groups excluding carboxylic acids is 1. The van der Waals surface area contributed by atoms with Crippen LogP contribution in [0.4, 0.5) is 0 Å². The molecule has 2 rings (SSSR count). The fourth-order valence-corrected chi connectivity index (χ4v) is 3.96. The van der Waals surface area contributed by atoms with Gasteiger partial charge in [-0.05, 0) is 44.7 Å². The molecule has 4 atom stereocenters. The molecule has 120 valence electrons. The van der Waals surface area contributed by atoms with E-state index in [9.17, 15) is 14.7 Å². The number of hydrogen-bond acceptors (Lipinski definition) is 3. The van der Waals surface area contributed by atoms with E-state index in [0.717, 1.165) is 38.9 Å². The summed E-state index contributed by atoms with van der Waals surface area (Å²) in [5.74, 6) is -0.680. The second-order valence-electron chi connectivity index (χ2n) is 6.93. The summed E-state index contributed by atoms with van der Waals surface area (Å²) >= 11 is 0. The number of rotatable bonds is 5. The van der Waals surface area contributed by atoms with E-state index in [0.29, 0.717) is 18.3 Å². The number of hydrogen-bond donors (Lipinski definition) is 1. The van der Waals surface area contributed by atoms with Crippen LogP contribution in [0.1, 0.15) is 32.6 Å². The van der Waals surface area contributed by atoms with E-state index in [4.69, 9.17) is 0 Å². The van der Waals surface area contributed by atoms with Gasteiger partial charge in [0.05, 0.1) is 11.8 Å². The van der Waals surface area contributed by atoms with Gasteiger partial charge in [-0.1, -0.05) is 13.3 Å². The molecule has 5 heteroatoms. The standard InChI is InChI=1S/C16H28N2O3/c1-4-11-7-13(14(8-11)16(20)21)15(19)18(3)10-12-5-6-17(2)9-12/h11-14H,4-10H2,1-3H3,(H,20,21). The van der Waals surface area contributed by atoms with Crippen molar-refractivity contribution in [3.63, 3.8) is 0 Å². The topological polar surface area (TPSA) is 60.9 Å². The zero-order valence-corrected chi connectivity index (χ0v) is 13.4. The first-order valence-corrected chi connectivity index (χ1v) is 8.08. The van der Waals surface area contributed by atoms with E-state index >= 15 is 0 Å². The van der Waals surface area contributed by atoms with Crippen molar-refractivity contribution in [2.75, 3.05) is 33.7 Å². The molecule has 0 radical (unpaired) electrons. The van der Waals surface area contributed by atoms with E-state index in [1.807, 2.05) is 7.05 Å². The van der Waals surface area contributed by atoms with Crippen molar-refractivity contribution in [1.29, 1.82) is 0 Å². The molecule has 1 aliphatic heterocycles. The summed E-state index contributed by atoms with van der Waals surface area (Å²) in [5.41, 5.74) is 0. The Morgan fingerprint density at radius 2 is 1.90 bits per heavy atom. The third-order valence-corrected chi connectivity index (χ3v) is 5.27. The lowest BCUT2D eigenvalue weighted by atomic mass is 9.94. The van der Waals surface area contributed by atoms with Crippen LogP contribution in [0.25, 0.3) is 0 Å². The Bertz CT molecular complexity index is 399. The highest BCUT2D eigenvalue weighted by Crippen LogP contribution is 2.39. The minimum Gasteiger partial charge on any atom is -0.481 e. The summed E-state index contributed by atoms with van der Waals surface area (Å²) in [7, 11) is 3.93. The van der Waals surface area contributed by atoms with Crippen molar-refractivity contribution in [3.05, 3.63) is 0 Å². The Hall–Kier alpha value is -1.10. The molecule has 5 nitrogen and oxygen atoms in total. The molecular formula is C16H28N2O3. The summed E-state index contributed by atoms with van der Waals surface area (Å²) < 4.78 is 0. The van der Waals surface area contributed by atoms with E-state index in [-0.39, 0.29) is 11.8 Å². The molecule has 1 N–H and O–H groups in total. The Morgan fingerprint density at radius 1 is 1.24 bits per heavy atom. The van der Waals surface area contributed by atoms with Gasteiger partial charge in [-0.15, -0.1) is 0 Å². The van der Waals surface area contributed by atoms with Gasteiger partial charge in [-0.25, -0.2) is 0 Å². The second-order valence-corrected chi connectivity index (χ2v) is 6.93. The molecule has 0 aromatic rings. The maximum Gasteiger partial charge on any atom is 0.307 e. The van der Waals surface area contributed by atoms with Gasteiger partial charge in [-0.2, -0.15) is 0 Å². The molecule has 1 heterocycles. The average Bonchev–Trinajstić information content (AvgIpc) is 3.04. The molecule has 0 bridgehead atoms. The number of aliphatic carboxylic acids is 1. The lowest BCUT2D eigenvalue weighted by Crippen LogP contribution is -2.39. The van der Waals surface area contributed by atoms with Crippen molar-refractivity contribution >= 4 is 11.9 Å². The van der Waals surface area contributed by atoms with Crippen molar-refractivity contribution in [2.24, 2.45) is 23.7 Å². The minimum absolute atomic E-state index is 0.0351. The number of carboxylic acids is 1. The van der Waals surface area contributed by atoms with E-state index in [1.165, 1.54) is 0 Å². The lowest BCUT2D eigenvalue weighted by molar-refractivity contribution is -0.148. The SMILES string of the molecule is CCC1CC(C(=O)O)C(C(=O)N(C)CC2CCN(C)C2)C1. The first-order chi connectivity index (χ1) is 9.92. The van der Waals surface area contributed by atoms with Crippen LogP contribution in [-0.2, 0) is 9.59 Å². The third kappa shape index (κ3) is 3.76. The molecule has 4 unspecified atom stereocenters. The van der Waals surface area contributed by atoms with Gasteiger partial charge in [0.1, 0.15) is 0 Å².